The average molecular weight is 315 g/mol. The third-order valence-electron chi connectivity index (χ3n) is 2.82. The maximum absolute atomic E-state index is 7.59. The Bertz CT molecular complexity index is 439. The fraction of sp³-hybridized carbons (Fsp3) is 0.417. The summed E-state index contributed by atoms with van der Waals surface area (Å²) in [6.45, 7) is 2.92. The van der Waals surface area contributed by atoms with Crippen LogP contribution in [-0.4, -0.2) is 23.8 Å². The van der Waals surface area contributed by atoms with Crippen molar-refractivity contribution in [1.82, 2.24) is 0 Å². The zero-order valence-electron chi connectivity index (χ0n) is 9.57. The van der Waals surface area contributed by atoms with E-state index >= 15 is 0 Å². The summed E-state index contributed by atoms with van der Waals surface area (Å²) in [6.07, 6.45) is 1.31. The third-order valence-corrected chi connectivity index (χ3v) is 4.83. The number of halogens is 1. The second-order valence-corrected chi connectivity index (χ2v) is 6.27. The standard InChI is InChI=1S/C12H15BrN2OS/c1-7-10(4-5-16-7)17-11-6-8(13)2-3-9(11)12(14)15/h2-3,6-7,10H,4-5H2,1H3,(H3,14,15). The first-order chi connectivity index (χ1) is 8.08. The SMILES string of the molecule is CC1OCCC1Sc1cc(Br)ccc1C(=N)N. The Labute approximate surface area is 114 Å². The van der Waals surface area contributed by atoms with Crippen LogP contribution >= 0.6 is 27.7 Å². The molecule has 0 spiro atoms. The maximum Gasteiger partial charge on any atom is 0.123 e. The van der Waals surface area contributed by atoms with Crippen LogP contribution in [-0.2, 0) is 4.74 Å². The van der Waals surface area contributed by atoms with E-state index in [4.69, 9.17) is 15.9 Å². The Balaban J connectivity index is 2.24. The molecule has 1 aliphatic heterocycles. The molecule has 0 aromatic heterocycles. The Morgan fingerprint density at radius 3 is 2.94 bits per heavy atom. The summed E-state index contributed by atoms with van der Waals surface area (Å²) in [7, 11) is 0. The van der Waals surface area contributed by atoms with E-state index in [0.717, 1.165) is 28.0 Å². The smallest absolute Gasteiger partial charge is 0.123 e. The van der Waals surface area contributed by atoms with Gasteiger partial charge in [0.25, 0.3) is 0 Å². The number of hydrogen-bond acceptors (Lipinski definition) is 3. The molecule has 1 aromatic rings. The Morgan fingerprint density at radius 2 is 2.35 bits per heavy atom. The Hall–Kier alpha value is -0.520. The van der Waals surface area contributed by atoms with Gasteiger partial charge < -0.3 is 10.5 Å². The van der Waals surface area contributed by atoms with Gasteiger partial charge in [-0.15, -0.1) is 11.8 Å². The fourth-order valence-corrected chi connectivity index (χ4v) is 3.67. The van der Waals surface area contributed by atoms with Crippen molar-refractivity contribution in [1.29, 1.82) is 5.41 Å². The highest BCUT2D eigenvalue weighted by molar-refractivity contribution is 9.10. The van der Waals surface area contributed by atoms with Crippen LogP contribution in [0.2, 0.25) is 0 Å². The molecular weight excluding hydrogens is 300 g/mol. The van der Waals surface area contributed by atoms with Crippen molar-refractivity contribution >= 4 is 33.5 Å². The minimum Gasteiger partial charge on any atom is -0.384 e. The molecule has 17 heavy (non-hydrogen) atoms. The number of benzene rings is 1. The van der Waals surface area contributed by atoms with Crippen LogP contribution in [0.1, 0.15) is 18.9 Å². The molecule has 1 fully saturated rings. The summed E-state index contributed by atoms with van der Waals surface area (Å²) in [4.78, 5) is 1.05. The molecule has 0 aliphatic carbocycles. The quantitative estimate of drug-likeness (QED) is 0.666. The van der Waals surface area contributed by atoms with Crippen molar-refractivity contribution in [3.05, 3.63) is 28.2 Å². The Morgan fingerprint density at radius 1 is 1.59 bits per heavy atom. The number of hydrogen-bond donors (Lipinski definition) is 2. The van der Waals surface area contributed by atoms with Gasteiger partial charge in [0.15, 0.2) is 0 Å². The lowest BCUT2D eigenvalue weighted by molar-refractivity contribution is 0.127. The van der Waals surface area contributed by atoms with E-state index in [-0.39, 0.29) is 11.9 Å². The number of nitrogens with one attached hydrogen (secondary N) is 1. The minimum atomic E-state index is 0.117. The fourth-order valence-electron chi connectivity index (χ4n) is 1.85. The first-order valence-electron chi connectivity index (χ1n) is 5.50. The van der Waals surface area contributed by atoms with Crippen molar-refractivity contribution in [2.75, 3.05) is 6.61 Å². The van der Waals surface area contributed by atoms with Gasteiger partial charge in [-0.05, 0) is 31.5 Å². The molecule has 5 heteroatoms. The number of nitrogens with two attached hydrogens (primary N) is 1. The minimum absolute atomic E-state index is 0.117. The van der Waals surface area contributed by atoms with Crippen molar-refractivity contribution in [2.24, 2.45) is 5.73 Å². The van der Waals surface area contributed by atoms with Crippen molar-refractivity contribution in [3.63, 3.8) is 0 Å². The molecule has 3 N–H and O–H groups in total. The highest BCUT2D eigenvalue weighted by Crippen LogP contribution is 2.35. The summed E-state index contributed by atoms with van der Waals surface area (Å²) in [5, 5.41) is 8.04. The lowest BCUT2D eigenvalue weighted by Crippen LogP contribution is -2.16. The summed E-state index contributed by atoms with van der Waals surface area (Å²) in [6, 6.07) is 5.82. The van der Waals surface area contributed by atoms with E-state index < -0.39 is 0 Å². The van der Waals surface area contributed by atoms with Gasteiger partial charge in [0.05, 0.1) is 6.10 Å². The largest absolute Gasteiger partial charge is 0.384 e. The van der Waals surface area contributed by atoms with Crippen LogP contribution in [0.3, 0.4) is 0 Å². The van der Waals surface area contributed by atoms with Crippen LogP contribution in [0.15, 0.2) is 27.6 Å². The van der Waals surface area contributed by atoms with Crippen LogP contribution in [0.5, 0.6) is 0 Å². The molecule has 0 saturated carbocycles. The molecular formula is C12H15BrN2OS. The van der Waals surface area contributed by atoms with Gasteiger partial charge >= 0.3 is 0 Å². The molecule has 0 bridgehead atoms. The van der Waals surface area contributed by atoms with Gasteiger partial charge in [0.2, 0.25) is 0 Å². The molecule has 1 saturated heterocycles. The summed E-state index contributed by atoms with van der Waals surface area (Å²) in [5.41, 5.74) is 6.40. The molecule has 0 amide bonds. The van der Waals surface area contributed by atoms with E-state index in [2.05, 4.69) is 22.9 Å². The number of amidine groups is 1. The van der Waals surface area contributed by atoms with E-state index in [1.54, 1.807) is 11.8 Å². The first kappa shape index (κ1) is 12.9. The molecule has 92 valence electrons. The summed E-state index contributed by atoms with van der Waals surface area (Å²) in [5.74, 6) is 0.117. The van der Waals surface area contributed by atoms with Crippen molar-refractivity contribution < 1.29 is 4.74 Å². The first-order valence-corrected chi connectivity index (χ1v) is 7.17. The lowest BCUT2D eigenvalue weighted by Gasteiger charge is -2.16. The van der Waals surface area contributed by atoms with Gasteiger partial charge in [0, 0.05) is 26.8 Å². The van der Waals surface area contributed by atoms with E-state index in [9.17, 15) is 0 Å². The molecule has 3 nitrogen and oxygen atoms in total. The van der Waals surface area contributed by atoms with Gasteiger partial charge in [0.1, 0.15) is 5.84 Å². The number of thioether (sulfide) groups is 1. The second kappa shape index (κ2) is 5.42. The van der Waals surface area contributed by atoms with Crippen molar-refractivity contribution in [2.45, 2.75) is 29.6 Å². The summed E-state index contributed by atoms with van der Waals surface area (Å²) >= 11 is 5.21. The molecule has 2 unspecified atom stereocenters. The number of ether oxygens (including phenoxy) is 1. The Kier molecular flexibility index (Phi) is 4.12. The topological polar surface area (TPSA) is 59.1 Å². The molecule has 2 rings (SSSR count). The van der Waals surface area contributed by atoms with Gasteiger partial charge in [-0.2, -0.15) is 0 Å². The number of rotatable bonds is 3. The highest BCUT2D eigenvalue weighted by atomic mass is 79.9. The normalized spacial score (nSPS) is 23.9. The molecule has 1 heterocycles. The van der Waals surface area contributed by atoms with Crippen LogP contribution in [0, 0.1) is 5.41 Å². The molecule has 1 aromatic carbocycles. The van der Waals surface area contributed by atoms with Crippen LogP contribution < -0.4 is 5.73 Å². The zero-order valence-corrected chi connectivity index (χ0v) is 12.0. The van der Waals surface area contributed by atoms with Crippen LogP contribution in [0.25, 0.3) is 0 Å². The average Bonchev–Trinajstić information content (AvgIpc) is 2.64. The summed E-state index contributed by atoms with van der Waals surface area (Å²) < 4.78 is 6.56. The van der Waals surface area contributed by atoms with Crippen LogP contribution in [0.4, 0.5) is 0 Å². The van der Waals surface area contributed by atoms with E-state index in [1.807, 2.05) is 18.2 Å². The number of nitrogen functional groups attached to an aromatic ring is 1. The van der Waals surface area contributed by atoms with Gasteiger partial charge in [-0.3, -0.25) is 5.41 Å². The predicted molar refractivity (Wildman–Crippen MR) is 74.8 cm³/mol. The lowest BCUT2D eigenvalue weighted by atomic mass is 10.2. The van der Waals surface area contributed by atoms with E-state index in [0.29, 0.717) is 5.25 Å². The van der Waals surface area contributed by atoms with E-state index in [1.165, 1.54) is 0 Å². The molecule has 1 aliphatic rings. The van der Waals surface area contributed by atoms with Gasteiger partial charge in [-0.1, -0.05) is 15.9 Å². The van der Waals surface area contributed by atoms with Gasteiger partial charge in [-0.25, -0.2) is 0 Å². The van der Waals surface area contributed by atoms with Crippen molar-refractivity contribution in [3.8, 4) is 0 Å². The molecule has 0 radical (unpaired) electrons. The third kappa shape index (κ3) is 3.03. The molecule has 2 atom stereocenters. The monoisotopic (exact) mass is 314 g/mol. The zero-order chi connectivity index (χ0) is 12.4. The second-order valence-electron chi connectivity index (χ2n) is 4.08. The predicted octanol–water partition coefficient (Wildman–Crippen LogP) is 3.00. The maximum atomic E-state index is 7.59. The highest BCUT2D eigenvalue weighted by Gasteiger charge is 2.26.